The van der Waals surface area contributed by atoms with Crippen molar-refractivity contribution in [1.82, 2.24) is 0 Å². The van der Waals surface area contributed by atoms with E-state index in [4.69, 9.17) is 16.9 Å². The van der Waals surface area contributed by atoms with Crippen molar-refractivity contribution in [2.45, 2.75) is 10.6 Å². The first-order valence-corrected chi connectivity index (χ1v) is 7.92. The molecule has 0 radical (unpaired) electrons. The fraction of sp³-hybridized carbons (Fsp3) is 0.0714. The van der Waals surface area contributed by atoms with Gasteiger partial charge >= 0.3 is 0 Å². The summed E-state index contributed by atoms with van der Waals surface area (Å²) in [5, 5.41) is 9.25. The Labute approximate surface area is 127 Å². The average molecular weight is 355 g/mol. The first-order chi connectivity index (χ1) is 9.11. The van der Waals surface area contributed by atoms with Crippen LogP contribution in [0.4, 0.5) is 0 Å². The lowest BCUT2D eigenvalue weighted by molar-refractivity contribution is 0.682. The van der Waals surface area contributed by atoms with Crippen LogP contribution in [0.1, 0.15) is 11.1 Å². The molecule has 96 valence electrons. The summed E-state index contributed by atoms with van der Waals surface area (Å²) in [5.74, 6) is 0.327. The molecule has 0 heterocycles. The third-order valence-electron chi connectivity index (χ3n) is 2.55. The minimum Gasteiger partial charge on any atom is -0.254 e. The first kappa shape index (κ1) is 14.3. The van der Waals surface area contributed by atoms with Crippen LogP contribution in [0.5, 0.6) is 0 Å². The summed E-state index contributed by atoms with van der Waals surface area (Å²) in [5.41, 5.74) is 1.27. The average Bonchev–Trinajstić information content (AvgIpc) is 2.41. The van der Waals surface area contributed by atoms with Gasteiger partial charge in [-0.3, -0.25) is 4.21 Å². The van der Waals surface area contributed by atoms with Gasteiger partial charge in [-0.2, -0.15) is 5.26 Å². The summed E-state index contributed by atoms with van der Waals surface area (Å²) in [6.07, 6.45) is 0. The van der Waals surface area contributed by atoms with Crippen LogP contribution >= 0.6 is 27.5 Å². The molecule has 0 N–H and O–H groups in total. The SMILES string of the molecule is N#Cc1ccc(CS(=O)c2ccccc2Br)c(Cl)c1. The molecule has 0 aliphatic carbocycles. The molecule has 5 heteroatoms. The summed E-state index contributed by atoms with van der Waals surface area (Å²) in [7, 11) is -1.18. The number of halogens is 2. The van der Waals surface area contributed by atoms with Gasteiger partial charge in [0.2, 0.25) is 0 Å². The normalized spacial score (nSPS) is 11.8. The second kappa shape index (κ2) is 6.33. The summed E-state index contributed by atoms with van der Waals surface area (Å²) in [6.45, 7) is 0. The van der Waals surface area contributed by atoms with Crippen LogP contribution in [0.2, 0.25) is 5.02 Å². The lowest BCUT2D eigenvalue weighted by atomic mass is 10.2. The fourth-order valence-corrected chi connectivity index (χ4v) is 3.94. The second-order valence-corrected chi connectivity index (χ2v) is 6.52. The Morgan fingerprint density at radius 1 is 1.26 bits per heavy atom. The molecule has 2 nitrogen and oxygen atoms in total. The van der Waals surface area contributed by atoms with Crippen LogP contribution in [0.25, 0.3) is 0 Å². The van der Waals surface area contributed by atoms with Gasteiger partial charge in [0.25, 0.3) is 0 Å². The molecule has 0 aromatic heterocycles. The van der Waals surface area contributed by atoms with E-state index in [9.17, 15) is 4.21 Å². The van der Waals surface area contributed by atoms with Crippen LogP contribution < -0.4 is 0 Å². The Bertz CT molecular complexity index is 681. The summed E-state index contributed by atoms with van der Waals surface area (Å²) >= 11 is 9.46. The number of benzene rings is 2. The van der Waals surface area contributed by atoms with Gasteiger partial charge in [-0.25, -0.2) is 0 Å². The Hall–Kier alpha value is -1.15. The van der Waals surface area contributed by atoms with E-state index in [1.807, 2.05) is 30.3 Å². The topological polar surface area (TPSA) is 40.9 Å². The zero-order chi connectivity index (χ0) is 13.8. The third-order valence-corrected chi connectivity index (χ3v) is 5.28. The van der Waals surface area contributed by atoms with Crippen molar-refractivity contribution in [2.24, 2.45) is 0 Å². The standard InChI is InChI=1S/C14H9BrClNOS/c15-12-3-1-2-4-14(12)19(18)9-11-6-5-10(8-17)7-13(11)16/h1-7H,9H2. The van der Waals surface area contributed by atoms with E-state index in [0.717, 1.165) is 14.9 Å². The number of hydrogen-bond acceptors (Lipinski definition) is 2. The highest BCUT2D eigenvalue weighted by atomic mass is 79.9. The van der Waals surface area contributed by atoms with Crippen LogP contribution in [-0.4, -0.2) is 4.21 Å². The molecule has 0 saturated heterocycles. The van der Waals surface area contributed by atoms with E-state index in [0.29, 0.717) is 16.3 Å². The highest BCUT2D eigenvalue weighted by molar-refractivity contribution is 9.10. The van der Waals surface area contributed by atoms with E-state index in [2.05, 4.69) is 15.9 Å². The molecule has 1 unspecified atom stereocenters. The predicted molar refractivity (Wildman–Crippen MR) is 80.4 cm³/mol. The number of hydrogen-bond donors (Lipinski definition) is 0. The molecule has 0 bridgehead atoms. The molecule has 2 aromatic carbocycles. The molecule has 0 aliphatic heterocycles. The maximum Gasteiger partial charge on any atom is 0.0992 e. The van der Waals surface area contributed by atoms with Gasteiger partial charge in [0.15, 0.2) is 0 Å². The van der Waals surface area contributed by atoms with Crippen LogP contribution in [0.15, 0.2) is 51.8 Å². The van der Waals surface area contributed by atoms with E-state index in [1.165, 1.54) is 0 Å². The number of rotatable bonds is 3. The number of nitriles is 1. The Morgan fingerprint density at radius 3 is 2.63 bits per heavy atom. The Kier molecular flexibility index (Phi) is 4.76. The van der Waals surface area contributed by atoms with Gasteiger partial charge in [-0.05, 0) is 45.8 Å². The van der Waals surface area contributed by atoms with Crippen molar-refractivity contribution in [3.05, 3.63) is 63.1 Å². The fourth-order valence-electron chi connectivity index (χ4n) is 1.58. The second-order valence-electron chi connectivity index (χ2n) is 3.84. The third kappa shape index (κ3) is 3.44. The zero-order valence-electron chi connectivity index (χ0n) is 9.77. The predicted octanol–water partition coefficient (Wildman–Crippen LogP) is 4.28. The van der Waals surface area contributed by atoms with Gasteiger partial charge in [-0.15, -0.1) is 0 Å². The van der Waals surface area contributed by atoms with Gasteiger partial charge in [0.1, 0.15) is 0 Å². The molecule has 2 rings (SSSR count). The molecule has 19 heavy (non-hydrogen) atoms. The van der Waals surface area contributed by atoms with Crippen molar-refractivity contribution < 1.29 is 4.21 Å². The maximum atomic E-state index is 12.3. The smallest absolute Gasteiger partial charge is 0.0992 e. The largest absolute Gasteiger partial charge is 0.254 e. The molecule has 2 aromatic rings. The van der Waals surface area contributed by atoms with Gasteiger partial charge in [-0.1, -0.05) is 29.8 Å². The quantitative estimate of drug-likeness (QED) is 0.825. The molecule has 0 fully saturated rings. The van der Waals surface area contributed by atoms with E-state index >= 15 is 0 Å². The molecule has 0 amide bonds. The minimum atomic E-state index is -1.18. The van der Waals surface area contributed by atoms with Gasteiger partial charge in [0, 0.05) is 9.50 Å². The first-order valence-electron chi connectivity index (χ1n) is 5.43. The lowest BCUT2D eigenvalue weighted by Crippen LogP contribution is -1.98. The molecule has 0 spiro atoms. The van der Waals surface area contributed by atoms with Crippen molar-refractivity contribution in [1.29, 1.82) is 5.26 Å². The van der Waals surface area contributed by atoms with Crippen molar-refractivity contribution >= 4 is 38.3 Å². The molecule has 0 aliphatic rings. The highest BCUT2D eigenvalue weighted by Gasteiger charge is 2.11. The summed E-state index contributed by atoms with van der Waals surface area (Å²) in [6, 6.07) is 14.4. The van der Waals surface area contributed by atoms with E-state index < -0.39 is 10.8 Å². The monoisotopic (exact) mass is 353 g/mol. The molecular weight excluding hydrogens is 346 g/mol. The van der Waals surface area contributed by atoms with Crippen LogP contribution in [0.3, 0.4) is 0 Å². The summed E-state index contributed by atoms with van der Waals surface area (Å²) in [4.78, 5) is 0.739. The van der Waals surface area contributed by atoms with Crippen LogP contribution in [0, 0.1) is 11.3 Å². The Balaban J connectivity index is 2.25. The van der Waals surface area contributed by atoms with Gasteiger partial charge < -0.3 is 0 Å². The zero-order valence-corrected chi connectivity index (χ0v) is 12.9. The van der Waals surface area contributed by atoms with Gasteiger partial charge in [0.05, 0.1) is 33.1 Å². The van der Waals surface area contributed by atoms with E-state index in [-0.39, 0.29) is 0 Å². The molecule has 0 saturated carbocycles. The Morgan fingerprint density at radius 2 is 2.00 bits per heavy atom. The van der Waals surface area contributed by atoms with Crippen molar-refractivity contribution in [3.63, 3.8) is 0 Å². The van der Waals surface area contributed by atoms with Crippen LogP contribution in [-0.2, 0) is 16.6 Å². The highest BCUT2D eigenvalue weighted by Crippen LogP contribution is 2.25. The lowest BCUT2D eigenvalue weighted by Gasteiger charge is -2.06. The number of nitrogens with zero attached hydrogens (tertiary/aromatic N) is 1. The maximum absolute atomic E-state index is 12.3. The van der Waals surface area contributed by atoms with Crippen molar-refractivity contribution in [3.8, 4) is 6.07 Å². The molecule has 1 atom stereocenters. The van der Waals surface area contributed by atoms with Crippen molar-refractivity contribution in [2.75, 3.05) is 0 Å². The minimum absolute atomic E-state index is 0.327. The molecular formula is C14H9BrClNOS. The van der Waals surface area contributed by atoms with E-state index in [1.54, 1.807) is 18.2 Å². The summed E-state index contributed by atoms with van der Waals surface area (Å²) < 4.78 is 13.1.